The Morgan fingerprint density at radius 1 is 1.60 bits per heavy atom. The Morgan fingerprint density at radius 2 is 2.33 bits per heavy atom. The predicted octanol–water partition coefficient (Wildman–Crippen LogP) is 1.92. The van der Waals surface area contributed by atoms with Gasteiger partial charge in [0, 0.05) is 19.8 Å². The Labute approximate surface area is 94.0 Å². The Balaban J connectivity index is 2.78. The van der Waals surface area contributed by atoms with Gasteiger partial charge in [0.05, 0.1) is 10.6 Å². The second-order valence-corrected chi connectivity index (χ2v) is 3.47. The van der Waals surface area contributed by atoms with Crippen molar-refractivity contribution in [3.05, 3.63) is 22.8 Å². The lowest BCUT2D eigenvalue weighted by Gasteiger charge is -2.06. The van der Waals surface area contributed by atoms with Gasteiger partial charge in [-0.15, -0.1) is 0 Å². The zero-order chi connectivity index (χ0) is 11.3. The number of aromatic nitrogens is 1. The van der Waals surface area contributed by atoms with Crippen LogP contribution in [0.3, 0.4) is 0 Å². The molecule has 1 heterocycles. The van der Waals surface area contributed by atoms with Crippen molar-refractivity contribution < 1.29 is 4.79 Å². The molecule has 15 heavy (non-hydrogen) atoms. The Morgan fingerprint density at radius 3 is 2.87 bits per heavy atom. The van der Waals surface area contributed by atoms with Gasteiger partial charge in [-0.2, -0.15) is 0 Å². The molecule has 2 N–H and O–H groups in total. The van der Waals surface area contributed by atoms with Crippen LogP contribution in [-0.2, 0) is 0 Å². The number of rotatable bonds is 4. The number of halogens is 1. The van der Waals surface area contributed by atoms with E-state index in [-0.39, 0.29) is 5.91 Å². The summed E-state index contributed by atoms with van der Waals surface area (Å²) in [5.41, 5.74) is 0.479. The third kappa shape index (κ3) is 3.09. The van der Waals surface area contributed by atoms with Crippen molar-refractivity contribution in [3.63, 3.8) is 0 Å². The van der Waals surface area contributed by atoms with E-state index in [0.717, 1.165) is 6.42 Å². The standard InChI is InChI=1S/C10H14ClN3O/c1-3-4-13-10(15)7-5-8(11)9(12-2)14-6-7/h5-6H,3-4H2,1-2H3,(H,12,14)(H,13,15). The molecule has 0 saturated heterocycles. The number of carbonyl (C=O) groups excluding carboxylic acids is 1. The molecule has 0 saturated carbocycles. The Bertz CT molecular complexity index is 355. The van der Waals surface area contributed by atoms with Gasteiger partial charge >= 0.3 is 0 Å². The van der Waals surface area contributed by atoms with Crippen LogP contribution in [-0.4, -0.2) is 24.5 Å². The number of amides is 1. The predicted molar refractivity (Wildman–Crippen MR) is 61.4 cm³/mol. The van der Waals surface area contributed by atoms with Crippen LogP contribution in [0.15, 0.2) is 12.3 Å². The van der Waals surface area contributed by atoms with Gasteiger partial charge in [-0.25, -0.2) is 4.98 Å². The van der Waals surface area contributed by atoms with Crippen LogP contribution in [0.4, 0.5) is 5.82 Å². The Kier molecular flexibility index (Phi) is 4.37. The van der Waals surface area contributed by atoms with Crippen molar-refractivity contribution in [2.75, 3.05) is 18.9 Å². The van der Waals surface area contributed by atoms with E-state index in [9.17, 15) is 4.79 Å². The summed E-state index contributed by atoms with van der Waals surface area (Å²) in [6, 6.07) is 1.60. The lowest BCUT2D eigenvalue weighted by Crippen LogP contribution is -2.24. The highest BCUT2D eigenvalue weighted by atomic mass is 35.5. The molecule has 1 amide bonds. The summed E-state index contributed by atoms with van der Waals surface area (Å²) in [5, 5.41) is 6.03. The number of hydrogen-bond donors (Lipinski definition) is 2. The molecule has 0 aliphatic rings. The molecule has 0 aliphatic carbocycles. The molecule has 82 valence electrons. The van der Waals surface area contributed by atoms with Gasteiger partial charge in [-0.1, -0.05) is 18.5 Å². The zero-order valence-corrected chi connectivity index (χ0v) is 9.56. The third-order valence-electron chi connectivity index (χ3n) is 1.88. The third-order valence-corrected chi connectivity index (χ3v) is 2.16. The number of carbonyl (C=O) groups is 1. The average molecular weight is 228 g/mol. The van der Waals surface area contributed by atoms with E-state index in [1.807, 2.05) is 6.92 Å². The molecule has 1 aromatic heterocycles. The smallest absolute Gasteiger partial charge is 0.252 e. The summed E-state index contributed by atoms with van der Waals surface area (Å²) in [5.74, 6) is 0.428. The van der Waals surface area contributed by atoms with Crippen LogP contribution in [0.5, 0.6) is 0 Å². The molecule has 0 aromatic carbocycles. The fraction of sp³-hybridized carbons (Fsp3) is 0.400. The van der Waals surface area contributed by atoms with Gasteiger partial charge < -0.3 is 10.6 Å². The van der Waals surface area contributed by atoms with Gasteiger partial charge in [0.15, 0.2) is 0 Å². The van der Waals surface area contributed by atoms with Gasteiger partial charge in [0.2, 0.25) is 0 Å². The molecule has 0 radical (unpaired) electrons. The van der Waals surface area contributed by atoms with Gasteiger partial charge in [-0.05, 0) is 12.5 Å². The average Bonchev–Trinajstić information content (AvgIpc) is 2.25. The molecule has 1 rings (SSSR count). The summed E-state index contributed by atoms with van der Waals surface area (Å²) >= 11 is 5.90. The first-order chi connectivity index (χ1) is 7.19. The molecule has 0 spiro atoms. The van der Waals surface area contributed by atoms with Crippen LogP contribution < -0.4 is 10.6 Å². The molecule has 0 bridgehead atoms. The van der Waals surface area contributed by atoms with Gasteiger partial charge in [-0.3, -0.25) is 4.79 Å². The minimum Gasteiger partial charge on any atom is -0.372 e. The molecule has 0 unspecified atom stereocenters. The molecule has 0 aliphatic heterocycles. The normalized spacial score (nSPS) is 9.80. The van der Waals surface area contributed by atoms with Crippen LogP contribution in [0.25, 0.3) is 0 Å². The van der Waals surface area contributed by atoms with E-state index >= 15 is 0 Å². The number of pyridine rings is 1. The summed E-state index contributed by atoms with van der Waals surface area (Å²) < 4.78 is 0. The van der Waals surface area contributed by atoms with Crippen LogP contribution in [0, 0.1) is 0 Å². The van der Waals surface area contributed by atoms with E-state index in [4.69, 9.17) is 11.6 Å². The van der Waals surface area contributed by atoms with Crippen LogP contribution >= 0.6 is 11.6 Å². The van der Waals surface area contributed by atoms with Crippen molar-refractivity contribution in [1.29, 1.82) is 0 Å². The monoisotopic (exact) mass is 227 g/mol. The zero-order valence-electron chi connectivity index (χ0n) is 8.80. The minimum absolute atomic E-state index is 0.145. The highest BCUT2D eigenvalue weighted by molar-refractivity contribution is 6.33. The topological polar surface area (TPSA) is 54.0 Å². The molecule has 0 atom stereocenters. The van der Waals surface area contributed by atoms with E-state index in [2.05, 4.69) is 15.6 Å². The summed E-state index contributed by atoms with van der Waals surface area (Å²) in [7, 11) is 1.73. The first-order valence-electron chi connectivity index (χ1n) is 4.80. The highest BCUT2D eigenvalue weighted by Crippen LogP contribution is 2.19. The molecular formula is C10H14ClN3O. The molecule has 0 fully saturated rings. The maximum Gasteiger partial charge on any atom is 0.252 e. The number of nitrogens with one attached hydrogen (secondary N) is 2. The summed E-state index contributed by atoms with van der Waals surface area (Å²) in [6.45, 7) is 2.65. The van der Waals surface area contributed by atoms with E-state index in [0.29, 0.717) is 22.9 Å². The second kappa shape index (κ2) is 5.56. The fourth-order valence-corrected chi connectivity index (χ4v) is 1.35. The second-order valence-electron chi connectivity index (χ2n) is 3.06. The van der Waals surface area contributed by atoms with Crippen LogP contribution in [0.1, 0.15) is 23.7 Å². The lowest BCUT2D eigenvalue weighted by molar-refractivity contribution is 0.0953. The van der Waals surface area contributed by atoms with Crippen molar-refractivity contribution in [2.45, 2.75) is 13.3 Å². The lowest BCUT2D eigenvalue weighted by atomic mass is 10.2. The summed E-state index contributed by atoms with van der Waals surface area (Å²) in [6.07, 6.45) is 2.41. The Hall–Kier alpha value is -1.29. The first kappa shape index (κ1) is 11.8. The fourth-order valence-electron chi connectivity index (χ4n) is 1.09. The van der Waals surface area contributed by atoms with Crippen molar-refractivity contribution in [1.82, 2.24) is 10.3 Å². The maximum atomic E-state index is 11.5. The van der Waals surface area contributed by atoms with Crippen molar-refractivity contribution in [2.24, 2.45) is 0 Å². The van der Waals surface area contributed by atoms with Gasteiger partial charge in [0.25, 0.3) is 5.91 Å². The van der Waals surface area contributed by atoms with E-state index < -0.39 is 0 Å². The van der Waals surface area contributed by atoms with E-state index in [1.165, 1.54) is 6.20 Å². The molecule has 1 aromatic rings. The first-order valence-corrected chi connectivity index (χ1v) is 5.18. The number of anilines is 1. The SMILES string of the molecule is CCCNC(=O)c1cnc(NC)c(Cl)c1. The van der Waals surface area contributed by atoms with E-state index in [1.54, 1.807) is 13.1 Å². The van der Waals surface area contributed by atoms with Crippen molar-refractivity contribution in [3.8, 4) is 0 Å². The highest BCUT2D eigenvalue weighted by Gasteiger charge is 2.08. The molecule has 4 nitrogen and oxygen atoms in total. The molecule has 5 heteroatoms. The van der Waals surface area contributed by atoms with Gasteiger partial charge in [0.1, 0.15) is 5.82 Å². The quantitative estimate of drug-likeness (QED) is 0.826. The van der Waals surface area contributed by atoms with Crippen molar-refractivity contribution >= 4 is 23.3 Å². The minimum atomic E-state index is -0.145. The summed E-state index contributed by atoms with van der Waals surface area (Å²) in [4.78, 5) is 15.5. The largest absolute Gasteiger partial charge is 0.372 e. The maximum absolute atomic E-state index is 11.5. The number of nitrogens with zero attached hydrogens (tertiary/aromatic N) is 1. The number of hydrogen-bond acceptors (Lipinski definition) is 3. The molecular weight excluding hydrogens is 214 g/mol. The van der Waals surface area contributed by atoms with Crippen LogP contribution in [0.2, 0.25) is 5.02 Å².